The predicted molar refractivity (Wildman–Crippen MR) is 119 cm³/mol. The number of hydrogen-bond donors (Lipinski definition) is 3. The Morgan fingerprint density at radius 2 is 1.79 bits per heavy atom. The summed E-state index contributed by atoms with van der Waals surface area (Å²) in [5.74, 6) is 0. The summed E-state index contributed by atoms with van der Waals surface area (Å²) in [5, 5.41) is 12.4. The highest BCUT2D eigenvalue weighted by Crippen LogP contribution is 2.31. The Hall–Kier alpha value is -2.28. The van der Waals surface area contributed by atoms with Crippen LogP contribution >= 0.6 is 11.3 Å². The maximum absolute atomic E-state index is 13.0. The number of hydrogen-bond acceptors (Lipinski definition) is 6. The van der Waals surface area contributed by atoms with E-state index in [1.807, 2.05) is 30.3 Å². The molecule has 0 saturated carbocycles. The summed E-state index contributed by atoms with van der Waals surface area (Å²) >= 11 is 1.69. The Bertz CT molecular complexity index is 969. The molecule has 6 heteroatoms. The molecule has 0 unspecified atom stereocenters. The average Bonchev–Trinajstić information content (AvgIpc) is 2.70. The Morgan fingerprint density at radius 1 is 1.07 bits per heavy atom. The molecule has 2 aromatic carbocycles. The monoisotopic (exact) mass is 400 g/mol. The number of carbonyl (C=O) groups excluding carboxylic acids is 1. The van der Waals surface area contributed by atoms with E-state index in [4.69, 9.17) is 5.21 Å². The standard InChI is InChI=1S/C21H23NO2S.CH5NO/c1-15-11-12-17(22-13-7-3-2-4-8-14-23)19-20(24)16-9-5-6-10-18(16)25-21(15)19;1-2-3/h5-6,9-12,14,22H,2-4,7-8,13H2,1H3;2-3H,1H3. The molecule has 0 radical (unpaired) electrons. The van der Waals surface area contributed by atoms with Crippen LogP contribution in [-0.2, 0) is 4.79 Å². The first-order chi connectivity index (χ1) is 13.6. The fourth-order valence-corrected chi connectivity index (χ4v) is 4.28. The lowest BCUT2D eigenvalue weighted by Crippen LogP contribution is -2.08. The zero-order valence-electron chi connectivity index (χ0n) is 16.5. The molecule has 3 N–H and O–H groups in total. The number of nitrogens with one attached hydrogen (secondary N) is 2. The van der Waals surface area contributed by atoms with Gasteiger partial charge in [0.05, 0.1) is 5.39 Å². The summed E-state index contributed by atoms with van der Waals surface area (Å²) in [5.41, 5.74) is 3.93. The van der Waals surface area contributed by atoms with E-state index in [2.05, 4.69) is 18.3 Å². The van der Waals surface area contributed by atoms with Gasteiger partial charge in [-0.25, -0.2) is 5.48 Å². The van der Waals surface area contributed by atoms with Gasteiger partial charge in [0.2, 0.25) is 0 Å². The molecule has 5 nitrogen and oxygen atoms in total. The molecule has 3 aromatic rings. The number of anilines is 1. The molecule has 0 spiro atoms. The van der Waals surface area contributed by atoms with Crippen molar-refractivity contribution in [3.05, 3.63) is 52.2 Å². The normalized spacial score (nSPS) is 10.5. The van der Waals surface area contributed by atoms with Gasteiger partial charge in [0.25, 0.3) is 0 Å². The van der Waals surface area contributed by atoms with Crippen LogP contribution in [0.3, 0.4) is 0 Å². The summed E-state index contributed by atoms with van der Waals surface area (Å²) in [7, 11) is 1.43. The molecule has 0 aliphatic heterocycles. The van der Waals surface area contributed by atoms with Crippen molar-refractivity contribution in [2.75, 3.05) is 18.9 Å². The van der Waals surface area contributed by atoms with Crippen molar-refractivity contribution >= 4 is 43.5 Å². The second kappa shape index (κ2) is 11.5. The largest absolute Gasteiger partial charge is 0.384 e. The maximum atomic E-state index is 13.0. The SMILES string of the molecule is CNO.Cc1ccc(NCCCCCCC=O)c2c(=O)c3ccccc3sc12. The van der Waals surface area contributed by atoms with Gasteiger partial charge in [-0.1, -0.05) is 31.0 Å². The molecule has 28 heavy (non-hydrogen) atoms. The van der Waals surface area contributed by atoms with Crippen molar-refractivity contribution < 1.29 is 10.0 Å². The third-order valence-corrected chi connectivity index (χ3v) is 5.80. The zero-order chi connectivity index (χ0) is 20.4. The summed E-state index contributed by atoms with van der Waals surface area (Å²) in [6.45, 7) is 2.90. The van der Waals surface area contributed by atoms with Gasteiger partial charge >= 0.3 is 0 Å². The van der Waals surface area contributed by atoms with Crippen LogP contribution in [0.5, 0.6) is 0 Å². The van der Waals surface area contributed by atoms with Gasteiger partial charge in [0.1, 0.15) is 6.29 Å². The third-order valence-electron chi connectivity index (χ3n) is 4.49. The summed E-state index contributed by atoms with van der Waals surface area (Å²) in [6, 6.07) is 11.9. The Labute approximate surface area is 169 Å². The van der Waals surface area contributed by atoms with E-state index in [0.29, 0.717) is 6.42 Å². The highest BCUT2D eigenvalue weighted by molar-refractivity contribution is 7.24. The van der Waals surface area contributed by atoms with Crippen LogP contribution in [0.1, 0.15) is 37.7 Å². The number of fused-ring (bicyclic) bond motifs is 2. The fraction of sp³-hybridized carbons (Fsp3) is 0.364. The van der Waals surface area contributed by atoms with Crippen LogP contribution in [-0.4, -0.2) is 25.1 Å². The van der Waals surface area contributed by atoms with Crippen LogP contribution in [0.2, 0.25) is 0 Å². The number of aryl methyl sites for hydroxylation is 1. The number of unbranched alkanes of at least 4 members (excludes halogenated alkanes) is 4. The number of benzene rings is 2. The summed E-state index contributed by atoms with van der Waals surface area (Å²) < 4.78 is 2.11. The van der Waals surface area contributed by atoms with Crippen molar-refractivity contribution in [1.82, 2.24) is 5.48 Å². The third kappa shape index (κ3) is 5.61. The minimum atomic E-state index is 0.113. The van der Waals surface area contributed by atoms with Gasteiger partial charge in [-0.3, -0.25) is 4.79 Å². The van der Waals surface area contributed by atoms with Crippen molar-refractivity contribution in [3.63, 3.8) is 0 Å². The summed E-state index contributed by atoms with van der Waals surface area (Å²) in [4.78, 5) is 23.3. The van der Waals surface area contributed by atoms with Crippen LogP contribution in [0, 0.1) is 6.92 Å². The van der Waals surface area contributed by atoms with Crippen molar-refractivity contribution in [3.8, 4) is 0 Å². The molecule has 1 heterocycles. The first-order valence-electron chi connectivity index (χ1n) is 9.57. The van der Waals surface area contributed by atoms with Crippen LogP contribution in [0.25, 0.3) is 20.2 Å². The molecule has 0 fully saturated rings. The van der Waals surface area contributed by atoms with E-state index in [0.717, 1.165) is 69.9 Å². The quantitative estimate of drug-likeness (QED) is 0.217. The lowest BCUT2D eigenvalue weighted by molar-refractivity contribution is -0.107. The number of aldehydes is 1. The topological polar surface area (TPSA) is 78.4 Å². The number of rotatable bonds is 8. The Balaban J connectivity index is 0.000000878. The van der Waals surface area contributed by atoms with Gasteiger partial charge in [-0.05, 0) is 43.5 Å². The highest BCUT2D eigenvalue weighted by Gasteiger charge is 2.11. The Morgan fingerprint density at radius 3 is 2.54 bits per heavy atom. The van der Waals surface area contributed by atoms with Gasteiger partial charge in [-0.15, -0.1) is 11.3 Å². The maximum Gasteiger partial charge on any atom is 0.197 e. The van der Waals surface area contributed by atoms with E-state index >= 15 is 0 Å². The number of carbonyl (C=O) groups is 1. The van der Waals surface area contributed by atoms with Crippen molar-refractivity contribution in [1.29, 1.82) is 0 Å². The van der Waals surface area contributed by atoms with E-state index in [1.165, 1.54) is 7.05 Å². The summed E-state index contributed by atoms with van der Waals surface area (Å²) in [6.07, 6.45) is 5.83. The first kappa shape index (κ1) is 22.0. The fourth-order valence-electron chi connectivity index (χ4n) is 3.11. The average molecular weight is 401 g/mol. The van der Waals surface area contributed by atoms with E-state index in [1.54, 1.807) is 16.8 Å². The molecule has 0 atom stereocenters. The van der Waals surface area contributed by atoms with E-state index in [9.17, 15) is 9.59 Å². The van der Waals surface area contributed by atoms with Gasteiger partial charge in [0.15, 0.2) is 5.43 Å². The van der Waals surface area contributed by atoms with Crippen LogP contribution in [0.4, 0.5) is 5.69 Å². The van der Waals surface area contributed by atoms with Gasteiger partial charge in [0, 0.05) is 40.5 Å². The van der Waals surface area contributed by atoms with E-state index in [-0.39, 0.29) is 5.43 Å². The molecular formula is C22H28N2O3S. The molecule has 0 bridgehead atoms. The molecular weight excluding hydrogens is 372 g/mol. The molecule has 150 valence electrons. The second-order valence-corrected chi connectivity index (χ2v) is 7.63. The zero-order valence-corrected chi connectivity index (χ0v) is 17.3. The molecule has 3 rings (SSSR count). The molecule has 0 aliphatic carbocycles. The van der Waals surface area contributed by atoms with Crippen LogP contribution in [0.15, 0.2) is 41.2 Å². The van der Waals surface area contributed by atoms with E-state index < -0.39 is 0 Å². The van der Waals surface area contributed by atoms with Gasteiger partial charge in [-0.2, -0.15) is 0 Å². The molecule has 1 aromatic heterocycles. The van der Waals surface area contributed by atoms with Crippen molar-refractivity contribution in [2.45, 2.75) is 39.0 Å². The minimum Gasteiger partial charge on any atom is -0.384 e. The predicted octanol–water partition coefficient (Wildman–Crippen LogP) is 4.88. The van der Waals surface area contributed by atoms with Crippen molar-refractivity contribution in [2.24, 2.45) is 0 Å². The number of hydroxylamine groups is 1. The van der Waals surface area contributed by atoms with Crippen LogP contribution < -0.4 is 16.2 Å². The van der Waals surface area contributed by atoms with Gasteiger partial charge < -0.3 is 15.3 Å². The second-order valence-electron chi connectivity index (χ2n) is 6.58. The first-order valence-corrected chi connectivity index (χ1v) is 10.4. The lowest BCUT2D eigenvalue weighted by Gasteiger charge is -2.11. The molecule has 0 amide bonds. The lowest BCUT2D eigenvalue weighted by atomic mass is 10.1. The minimum absolute atomic E-state index is 0.113. The highest BCUT2D eigenvalue weighted by atomic mass is 32.1. The smallest absolute Gasteiger partial charge is 0.197 e. The molecule has 0 saturated heterocycles. The Kier molecular flexibility index (Phi) is 9.07. The molecule has 0 aliphatic rings.